The second-order valence-electron chi connectivity index (χ2n) is 12.9. The predicted molar refractivity (Wildman–Crippen MR) is 157 cm³/mol. The molecule has 37 heavy (non-hydrogen) atoms. The summed E-state index contributed by atoms with van der Waals surface area (Å²) < 4.78 is 0. The molecule has 3 aliphatic rings. The number of nitrogens with zero attached hydrogens (tertiary/aromatic N) is 3. The van der Waals surface area contributed by atoms with E-state index in [1.54, 1.807) is 0 Å². The third-order valence-electron chi connectivity index (χ3n) is 9.73. The van der Waals surface area contributed by atoms with E-state index in [4.69, 9.17) is 0 Å². The van der Waals surface area contributed by atoms with Gasteiger partial charge in [0.1, 0.15) is 0 Å². The zero-order chi connectivity index (χ0) is 26.2. The summed E-state index contributed by atoms with van der Waals surface area (Å²) in [7, 11) is 0. The monoisotopic (exact) mass is 509 g/mol. The SMILES string of the molecule is CCC(C)CCCC(C)CCCC(C)CN1CCN(c2ccc3c(c2)CN(C2CCCCC2)C3=O)CC1. The van der Waals surface area contributed by atoms with Gasteiger partial charge in [-0.25, -0.2) is 0 Å². The highest BCUT2D eigenvalue weighted by atomic mass is 16.2. The van der Waals surface area contributed by atoms with Crippen molar-refractivity contribution < 1.29 is 4.79 Å². The van der Waals surface area contributed by atoms with Gasteiger partial charge in [0.05, 0.1) is 0 Å². The molecule has 1 aromatic rings. The van der Waals surface area contributed by atoms with Crippen LogP contribution in [0.1, 0.15) is 121 Å². The third kappa shape index (κ3) is 7.97. The average molecular weight is 510 g/mol. The van der Waals surface area contributed by atoms with Gasteiger partial charge in [-0.15, -0.1) is 0 Å². The largest absolute Gasteiger partial charge is 0.369 e. The number of amides is 1. The Kier molecular flexibility index (Phi) is 10.8. The molecule has 0 spiro atoms. The second-order valence-corrected chi connectivity index (χ2v) is 12.9. The van der Waals surface area contributed by atoms with Crippen molar-refractivity contribution in [2.24, 2.45) is 17.8 Å². The van der Waals surface area contributed by atoms with Crippen LogP contribution in [0.5, 0.6) is 0 Å². The lowest BCUT2D eigenvalue weighted by molar-refractivity contribution is 0.0660. The Labute approximate surface area is 228 Å². The fourth-order valence-electron chi connectivity index (χ4n) is 6.91. The van der Waals surface area contributed by atoms with Crippen molar-refractivity contribution >= 4 is 11.6 Å². The Morgan fingerprint density at radius 1 is 0.838 bits per heavy atom. The fraction of sp³-hybridized carbons (Fsp3) is 0.788. The molecular weight excluding hydrogens is 454 g/mol. The third-order valence-corrected chi connectivity index (χ3v) is 9.73. The van der Waals surface area contributed by atoms with E-state index in [-0.39, 0.29) is 5.91 Å². The van der Waals surface area contributed by atoms with Crippen molar-refractivity contribution in [1.82, 2.24) is 9.80 Å². The molecule has 2 aliphatic heterocycles. The van der Waals surface area contributed by atoms with Gasteiger partial charge in [0.15, 0.2) is 0 Å². The lowest BCUT2D eigenvalue weighted by Gasteiger charge is -2.37. The summed E-state index contributed by atoms with van der Waals surface area (Å²) in [5.74, 6) is 2.84. The summed E-state index contributed by atoms with van der Waals surface area (Å²) in [6.07, 6.45) is 16.0. The summed E-state index contributed by atoms with van der Waals surface area (Å²) in [6.45, 7) is 16.2. The summed E-state index contributed by atoms with van der Waals surface area (Å²) >= 11 is 0. The van der Waals surface area contributed by atoms with Crippen molar-refractivity contribution in [2.75, 3.05) is 37.6 Å². The van der Waals surface area contributed by atoms with Crippen molar-refractivity contribution in [2.45, 2.75) is 117 Å². The summed E-state index contributed by atoms with van der Waals surface area (Å²) in [5.41, 5.74) is 3.51. The Balaban J connectivity index is 1.15. The molecule has 1 amide bonds. The van der Waals surface area contributed by atoms with Crippen molar-refractivity contribution in [3.63, 3.8) is 0 Å². The Morgan fingerprint density at radius 2 is 1.49 bits per heavy atom. The number of hydrogen-bond donors (Lipinski definition) is 0. The van der Waals surface area contributed by atoms with Crippen molar-refractivity contribution in [3.8, 4) is 0 Å². The standard InChI is InChI=1S/C33H55N3O/c1-5-26(2)11-9-12-27(3)13-10-14-28(4)24-34-19-21-35(22-20-34)31-17-18-32-29(23-31)25-36(33(32)37)30-15-7-6-8-16-30/h17-18,23,26-28,30H,5-16,19-22,24-25H2,1-4H3. The first kappa shape index (κ1) is 28.5. The number of benzene rings is 1. The number of anilines is 1. The molecule has 2 fully saturated rings. The Morgan fingerprint density at radius 3 is 2.16 bits per heavy atom. The van der Waals surface area contributed by atoms with Gasteiger partial charge in [0, 0.05) is 56.6 Å². The van der Waals surface area contributed by atoms with Crippen LogP contribution in [0.25, 0.3) is 0 Å². The van der Waals surface area contributed by atoms with Crippen molar-refractivity contribution in [1.29, 1.82) is 0 Å². The highest BCUT2D eigenvalue weighted by Gasteiger charge is 2.33. The van der Waals surface area contributed by atoms with Gasteiger partial charge in [-0.1, -0.05) is 85.5 Å². The maximum Gasteiger partial charge on any atom is 0.254 e. The van der Waals surface area contributed by atoms with Crippen molar-refractivity contribution in [3.05, 3.63) is 29.3 Å². The molecule has 1 saturated carbocycles. The van der Waals surface area contributed by atoms with E-state index in [9.17, 15) is 4.79 Å². The zero-order valence-electron chi connectivity index (χ0n) is 24.5. The van der Waals surface area contributed by atoms with Crippen LogP contribution in [0.15, 0.2) is 18.2 Å². The second kappa shape index (κ2) is 14.0. The van der Waals surface area contributed by atoms with Crippen LogP contribution >= 0.6 is 0 Å². The van der Waals surface area contributed by atoms with Gasteiger partial charge in [0.2, 0.25) is 0 Å². The van der Waals surface area contributed by atoms with Crippen LogP contribution in [0.3, 0.4) is 0 Å². The predicted octanol–water partition coefficient (Wildman–Crippen LogP) is 7.76. The van der Waals surface area contributed by atoms with Gasteiger partial charge >= 0.3 is 0 Å². The summed E-state index contributed by atoms with van der Waals surface area (Å²) in [4.78, 5) is 20.4. The molecule has 208 valence electrons. The smallest absolute Gasteiger partial charge is 0.254 e. The van der Waals surface area contributed by atoms with E-state index in [0.29, 0.717) is 6.04 Å². The highest BCUT2D eigenvalue weighted by molar-refractivity contribution is 5.99. The maximum atomic E-state index is 13.0. The molecule has 0 radical (unpaired) electrons. The molecule has 1 aliphatic carbocycles. The minimum absolute atomic E-state index is 0.271. The molecule has 1 aromatic carbocycles. The first-order chi connectivity index (χ1) is 17.9. The van der Waals surface area contributed by atoms with E-state index >= 15 is 0 Å². The minimum Gasteiger partial charge on any atom is -0.369 e. The lowest BCUT2D eigenvalue weighted by Crippen LogP contribution is -2.47. The van der Waals surface area contributed by atoms with Crippen LogP contribution in [0.4, 0.5) is 5.69 Å². The quantitative estimate of drug-likeness (QED) is 0.272. The van der Waals surface area contributed by atoms with Crippen LogP contribution in [-0.2, 0) is 6.54 Å². The molecule has 0 N–H and O–H groups in total. The van der Waals surface area contributed by atoms with Crippen LogP contribution in [0.2, 0.25) is 0 Å². The lowest BCUT2D eigenvalue weighted by atomic mass is 9.92. The Bertz CT molecular complexity index is 840. The number of carbonyl (C=O) groups excluding carboxylic acids is 1. The van der Waals surface area contributed by atoms with E-state index in [0.717, 1.165) is 56.0 Å². The molecule has 0 aromatic heterocycles. The maximum absolute atomic E-state index is 13.0. The van der Waals surface area contributed by atoms with E-state index in [1.165, 1.54) is 94.8 Å². The number of carbonyl (C=O) groups is 1. The average Bonchev–Trinajstić information content (AvgIpc) is 3.25. The highest BCUT2D eigenvalue weighted by Crippen LogP contribution is 2.33. The van der Waals surface area contributed by atoms with Crippen LogP contribution in [0, 0.1) is 17.8 Å². The molecule has 3 unspecified atom stereocenters. The summed E-state index contributed by atoms with van der Waals surface area (Å²) in [6, 6.07) is 7.08. The van der Waals surface area contributed by atoms with E-state index < -0.39 is 0 Å². The molecular formula is C33H55N3O. The van der Waals surface area contributed by atoms with Gasteiger partial charge < -0.3 is 9.80 Å². The molecule has 1 saturated heterocycles. The first-order valence-corrected chi connectivity index (χ1v) is 15.9. The minimum atomic E-state index is 0.271. The van der Waals surface area contributed by atoms with Crippen LogP contribution < -0.4 is 4.90 Å². The first-order valence-electron chi connectivity index (χ1n) is 15.9. The summed E-state index contributed by atoms with van der Waals surface area (Å²) in [5, 5.41) is 0. The molecule has 2 heterocycles. The number of rotatable bonds is 13. The fourth-order valence-corrected chi connectivity index (χ4v) is 6.91. The number of piperazine rings is 1. The van der Waals surface area contributed by atoms with E-state index in [1.807, 2.05) is 0 Å². The van der Waals surface area contributed by atoms with E-state index in [2.05, 4.69) is 60.6 Å². The van der Waals surface area contributed by atoms with Gasteiger partial charge in [0.25, 0.3) is 5.91 Å². The number of fused-ring (bicyclic) bond motifs is 1. The molecule has 4 heteroatoms. The normalized spacial score (nSPS) is 21.8. The molecule has 0 bridgehead atoms. The molecule has 4 nitrogen and oxygen atoms in total. The Hall–Kier alpha value is -1.55. The van der Waals surface area contributed by atoms with Crippen LogP contribution in [-0.4, -0.2) is 54.5 Å². The number of hydrogen-bond acceptors (Lipinski definition) is 3. The van der Waals surface area contributed by atoms with Gasteiger partial charge in [-0.3, -0.25) is 9.69 Å². The molecule has 4 rings (SSSR count). The zero-order valence-corrected chi connectivity index (χ0v) is 24.5. The van der Waals surface area contributed by atoms with Gasteiger partial charge in [-0.2, -0.15) is 0 Å². The molecule has 3 atom stereocenters. The van der Waals surface area contributed by atoms with Gasteiger partial charge in [-0.05, 0) is 60.8 Å². The topological polar surface area (TPSA) is 26.8 Å².